The summed E-state index contributed by atoms with van der Waals surface area (Å²) in [5.74, 6) is -0.796. The van der Waals surface area contributed by atoms with Gasteiger partial charge in [-0.25, -0.2) is 0 Å². The average Bonchev–Trinajstić information content (AvgIpc) is 3.25. The van der Waals surface area contributed by atoms with Gasteiger partial charge >= 0.3 is 11.8 Å². The number of hydrogen-bond donors (Lipinski definition) is 2. The highest BCUT2D eigenvalue weighted by atomic mass is 16.5. The van der Waals surface area contributed by atoms with Crippen LogP contribution in [0, 0.1) is 12.8 Å². The van der Waals surface area contributed by atoms with E-state index in [-0.39, 0.29) is 5.91 Å². The predicted molar refractivity (Wildman–Crippen MR) is 123 cm³/mol. The van der Waals surface area contributed by atoms with Crippen LogP contribution in [0.5, 0.6) is 0 Å². The molecule has 3 heterocycles. The largest absolute Gasteiger partial charge is 0.381 e. The Morgan fingerprint density at radius 1 is 1.06 bits per heavy atom. The molecule has 32 heavy (non-hydrogen) atoms. The van der Waals surface area contributed by atoms with E-state index in [1.165, 1.54) is 0 Å². The maximum Gasteiger partial charge on any atom is 0.313 e. The van der Waals surface area contributed by atoms with E-state index in [2.05, 4.69) is 15.5 Å². The van der Waals surface area contributed by atoms with Crippen molar-refractivity contribution in [2.24, 2.45) is 5.92 Å². The molecule has 3 fully saturated rings. The monoisotopic (exact) mass is 442 g/mol. The summed E-state index contributed by atoms with van der Waals surface area (Å²) in [5.41, 5.74) is 2.28. The van der Waals surface area contributed by atoms with E-state index in [1.807, 2.05) is 13.0 Å². The van der Waals surface area contributed by atoms with Gasteiger partial charge in [0.25, 0.3) is 0 Å². The maximum atomic E-state index is 12.4. The van der Waals surface area contributed by atoms with Crippen molar-refractivity contribution in [1.82, 2.24) is 10.2 Å². The number of anilines is 2. The molecule has 174 valence electrons. The molecule has 3 saturated heterocycles. The summed E-state index contributed by atoms with van der Waals surface area (Å²) < 4.78 is 5.46. The molecule has 3 aliphatic heterocycles. The fourth-order valence-corrected chi connectivity index (χ4v) is 4.96. The summed E-state index contributed by atoms with van der Waals surface area (Å²) in [7, 11) is 0. The predicted octanol–water partition coefficient (Wildman–Crippen LogP) is 2.07. The molecule has 0 radical (unpaired) electrons. The number of ether oxygens (including phenoxy) is 1. The van der Waals surface area contributed by atoms with E-state index >= 15 is 0 Å². The molecule has 0 aliphatic carbocycles. The molecule has 8 heteroatoms. The number of hydrogen-bond acceptors (Lipinski definition) is 5. The van der Waals surface area contributed by atoms with Crippen LogP contribution in [-0.2, 0) is 19.1 Å². The summed E-state index contributed by atoms with van der Waals surface area (Å²) in [4.78, 5) is 41.1. The van der Waals surface area contributed by atoms with Gasteiger partial charge in [0.1, 0.15) is 0 Å². The molecule has 0 aromatic heterocycles. The first-order valence-electron chi connectivity index (χ1n) is 11.8. The highest BCUT2D eigenvalue weighted by Gasteiger charge is 2.27. The molecule has 8 nitrogen and oxygen atoms in total. The summed E-state index contributed by atoms with van der Waals surface area (Å²) in [6, 6.07) is 6.02. The fraction of sp³-hybridized carbons (Fsp3) is 0.625. The lowest BCUT2D eigenvalue weighted by molar-refractivity contribution is -0.136. The lowest BCUT2D eigenvalue weighted by Gasteiger charge is -2.39. The Labute approximate surface area is 189 Å². The van der Waals surface area contributed by atoms with Crippen LogP contribution in [0.15, 0.2) is 18.2 Å². The van der Waals surface area contributed by atoms with E-state index in [1.54, 1.807) is 17.0 Å². The minimum Gasteiger partial charge on any atom is -0.381 e. The van der Waals surface area contributed by atoms with Gasteiger partial charge in [-0.2, -0.15) is 0 Å². The summed E-state index contributed by atoms with van der Waals surface area (Å²) >= 11 is 0. The van der Waals surface area contributed by atoms with Crippen LogP contribution < -0.4 is 15.5 Å². The number of carbonyl (C=O) groups excluding carboxylic acids is 3. The standard InChI is InChI=1S/C24H34N4O4/c1-17-4-5-19(15-21(17)28-10-2-3-22(28)29)26-24(31)23(30)25-16-18-6-11-27(12-7-18)20-8-13-32-14-9-20/h4-5,15,18,20H,2-3,6-14,16H2,1H3,(H,25,30)(H,26,31). The van der Waals surface area contributed by atoms with Gasteiger partial charge in [0.2, 0.25) is 5.91 Å². The van der Waals surface area contributed by atoms with Crippen molar-refractivity contribution in [3.05, 3.63) is 23.8 Å². The van der Waals surface area contributed by atoms with Crippen LogP contribution >= 0.6 is 0 Å². The molecular formula is C24H34N4O4. The number of rotatable bonds is 5. The van der Waals surface area contributed by atoms with E-state index in [4.69, 9.17) is 4.74 Å². The molecule has 1 aromatic rings. The number of likely N-dealkylation sites (tertiary alicyclic amines) is 1. The molecule has 4 rings (SSSR count). The zero-order chi connectivity index (χ0) is 22.5. The van der Waals surface area contributed by atoms with Crippen LogP contribution in [-0.4, -0.2) is 68.1 Å². The molecule has 1 aromatic carbocycles. The lowest BCUT2D eigenvalue weighted by Crippen LogP contribution is -2.46. The molecule has 3 aliphatic rings. The summed E-state index contributed by atoms with van der Waals surface area (Å²) in [6.07, 6.45) is 5.66. The normalized spacial score (nSPS) is 21.0. The third-order valence-electron chi connectivity index (χ3n) is 6.95. The molecule has 3 amide bonds. The van der Waals surface area contributed by atoms with Crippen molar-refractivity contribution >= 4 is 29.1 Å². The Bertz CT molecular complexity index is 844. The Hall–Kier alpha value is -2.45. The van der Waals surface area contributed by atoms with Crippen LogP contribution in [0.1, 0.15) is 44.1 Å². The quantitative estimate of drug-likeness (QED) is 0.682. The third kappa shape index (κ3) is 5.48. The molecule has 0 unspecified atom stereocenters. The maximum absolute atomic E-state index is 12.4. The highest BCUT2D eigenvalue weighted by Crippen LogP contribution is 2.28. The van der Waals surface area contributed by atoms with Crippen molar-refractivity contribution in [2.75, 3.05) is 49.6 Å². The first-order chi connectivity index (χ1) is 15.5. The SMILES string of the molecule is Cc1ccc(NC(=O)C(=O)NCC2CCN(C3CCOCC3)CC2)cc1N1CCCC1=O. The molecule has 0 bridgehead atoms. The number of nitrogens with one attached hydrogen (secondary N) is 2. The van der Waals surface area contributed by atoms with Gasteiger partial charge in [-0.1, -0.05) is 6.07 Å². The molecule has 0 spiro atoms. The number of aryl methyl sites for hydroxylation is 1. The van der Waals surface area contributed by atoms with E-state index in [9.17, 15) is 14.4 Å². The van der Waals surface area contributed by atoms with Gasteiger partial charge < -0.3 is 25.2 Å². The molecule has 0 saturated carbocycles. The van der Waals surface area contributed by atoms with E-state index in [0.717, 1.165) is 69.7 Å². The second kappa shape index (κ2) is 10.4. The summed E-state index contributed by atoms with van der Waals surface area (Å²) in [6.45, 7) is 6.93. The van der Waals surface area contributed by atoms with Gasteiger partial charge in [-0.3, -0.25) is 14.4 Å². The van der Waals surface area contributed by atoms with Crippen LogP contribution in [0.2, 0.25) is 0 Å². The lowest BCUT2D eigenvalue weighted by atomic mass is 9.94. The van der Waals surface area contributed by atoms with Crippen molar-refractivity contribution < 1.29 is 19.1 Å². The Morgan fingerprint density at radius 3 is 2.50 bits per heavy atom. The molecule has 2 N–H and O–H groups in total. The van der Waals surface area contributed by atoms with Gasteiger partial charge in [-0.15, -0.1) is 0 Å². The third-order valence-corrected chi connectivity index (χ3v) is 6.95. The van der Waals surface area contributed by atoms with Crippen molar-refractivity contribution in [3.8, 4) is 0 Å². The fourth-order valence-electron chi connectivity index (χ4n) is 4.96. The van der Waals surface area contributed by atoms with Crippen LogP contribution in [0.4, 0.5) is 11.4 Å². The minimum atomic E-state index is -0.674. The first-order valence-corrected chi connectivity index (χ1v) is 11.8. The highest BCUT2D eigenvalue weighted by molar-refractivity contribution is 6.39. The van der Waals surface area contributed by atoms with Crippen molar-refractivity contribution in [2.45, 2.75) is 51.5 Å². The van der Waals surface area contributed by atoms with Crippen molar-refractivity contribution in [1.29, 1.82) is 0 Å². The van der Waals surface area contributed by atoms with Gasteiger partial charge in [0, 0.05) is 50.1 Å². The van der Waals surface area contributed by atoms with Gasteiger partial charge in [0.15, 0.2) is 0 Å². The zero-order valence-electron chi connectivity index (χ0n) is 18.9. The molecule has 0 atom stereocenters. The Morgan fingerprint density at radius 2 is 1.81 bits per heavy atom. The van der Waals surface area contributed by atoms with E-state index < -0.39 is 11.8 Å². The first kappa shape index (κ1) is 22.7. The number of amides is 3. The molecular weight excluding hydrogens is 408 g/mol. The Kier molecular flexibility index (Phi) is 7.42. The number of carbonyl (C=O) groups is 3. The summed E-state index contributed by atoms with van der Waals surface area (Å²) in [5, 5.41) is 5.48. The number of nitrogens with zero attached hydrogens (tertiary/aromatic N) is 2. The zero-order valence-corrected chi connectivity index (χ0v) is 18.9. The van der Waals surface area contributed by atoms with Gasteiger partial charge in [0.05, 0.1) is 0 Å². The van der Waals surface area contributed by atoms with Crippen LogP contribution in [0.3, 0.4) is 0 Å². The van der Waals surface area contributed by atoms with Gasteiger partial charge in [-0.05, 0) is 75.7 Å². The minimum absolute atomic E-state index is 0.0946. The Balaban J connectivity index is 1.23. The van der Waals surface area contributed by atoms with Crippen molar-refractivity contribution in [3.63, 3.8) is 0 Å². The second-order valence-corrected chi connectivity index (χ2v) is 9.14. The topological polar surface area (TPSA) is 91.0 Å². The average molecular weight is 443 g/mol. The smallest absolute Gasteiger partial charge is 0.313 e. The number of benzene rings is 1. The van der Waals surface area contributed by atoms with E-state index in [0.29, 0.717) is 37.2 Å². The number of piperidine rings is 1. The van der Waals surface area contributed by atoms with Crippen LogP contribution in [0.25, 0.3) is 0 Å². The second-order valence-electron chi connectivity index (χ2n) is 9.14.